The quantitative estimate of drug-likeness (QED) is 0.735. The molecule has 0 atom stereocenters. The van der Waals surface area contributed by atoms with Gasteiger partial charge in [-0.25, -0.2) is 4.39 Å². The third kappa shape index (κ3) is 4.33. The normalized spacial score (nSPS) is 21.0. The Hall–Kier alpha value is -2.31. The molecule has 2 aromatic carbocycles. The number of rotatable bonds is 5. The first-order valence-electron chi connectivity index (χ1n) is 9.89. The lowest BCUT2D eigenvalue weighted by atomic mass is 9.93. The molecule has 4 rings (SSSR count). The minimum Gasteiger partial charge on any atom is -0.493 e. The molecule has 7 heteroatoms. The number of ether oxygens (including phenoxy) is 2. The van der Waals surface area contributed by atoms with Gasteiger partial charge >= 0.3 is 0 Å². The fourth-order valence-electron chi connectivity index (χ4n) is 3.89. The van der Waals surface area contributed by atoms with Crippen molar-refractivity contribution in [2.24, 2.45) is 4.99 Å². The maximum absolute atomic E-state index is 13.5. The SMILES string of the molecule is CNC1CCC(Oc2cc3c(cc2OC)NC(c2ccc(F)c(Cl)c2)=NC3)CC1. The second-order valence-corrected chi connectivity index (χ2v) is 7.87. The van der Waals surface area contributed by atoms with Crippen LogP contribution < -0.4 is 20.1 Å². The average Bonchev–Trinajstić information content (AvgIpc) is 2.75. The first kappa shape index (κ1) is 20.0. The van der Waals surface area contributed by atoms with Crippen LogP contribution in [0.1, 0.15) is 36.8 Å². The van der Waals surface area contributed by atoms with E-state index in [0.29, 0.717) is 24.2 Å². The Bertz CT molecular complexity index is 927. The minimum atomic E-state index is -0.445. The zero-order valence-electron chi connectivity index (χ0n) is 16.6. The van der Waals surface area contributed by atoms with Crippen LogP contribution in [0.15, 0.2) is 35.3 Å². The summed E-state index contributed by atoms with van der Waals surface area (Å²) in [7, 11) is 3.66. The lowest BCUT2D eigenvalue weighted by Crippen LogP contribution is -2.34. The second-order valence-electron chi connectivity index (χ2n) is 7.46. The van der Waals surface area contributed by atoms with Gasteiger partial charge in [0.1, 0.15) is 11.7 Å². The Balaban J connectivity index is 1.52. The molecule has 0 saturated heterocycles. The van der Waals surface area contributed by atoms with E-state index in [1.54, 1.807) is 19.2 Å². The van der Waals surface area contributed by atoms with E-state index in [-0.39, 0.29) is 11.1 Å². The average molecular weight is 418 g/mol. The summed E-state index contributed by atoms with van der Waals surface area (Å²) in [5.41, 5.74) is 2.67. The molecule has 2 N–H and O–H groups in total. The first-order chi connectivity index (χ1) is 14.1. The van der Waals surface area contributed by atoms with E-state index in [1.807, 2.05) is 19.2 Å². The summed E-state index contributed by atoms with van der Waals surface area (Å²) < 4.78 is 25.3. The van der Waals surface area contributed by atoms with Crippen LogP contribution in [0.5, 0.6) is 11.5 Å². The lowest BCUT2D eigenvalue weighted by molar-refractivity contribution is 0.137. The topological polar surface area (TPSA) is 54.9 Å². The van der Waals surface area contributed by atoms with Gasteiger partial charge in [-0.15, -0.1) is 0 Å². The fourth-order valence-corrected chi connectivity index (χ4v) is 4.07. The number of anilines is 1. The van der Waals surface area contributed by atoms with Gasteiger partial charge in [-0.1, -0.05) is 11.6 Å². The molecular weight excluding hydrogens is 393 g/mol. The van der Waals surface area contributed by atoms with E-state index in [2.05, 4.69) is 15.6 Å². The summed E-state index contributed by atoms with van der Waals surface area (Å²) in [6.07, 6.45) is 4.48. The molecule has 5 nitrogen and oxygen atoms in total. The summed E-state index contributed by atoms with van der Waals surface area (Å²) in [6.45, 7) is 0.500. The van der Waals surface area contributed by atoms with E-state index in [4.69, 9.17) is 21.1 Å². The van der Waals surface area contributed by atoms with Crippen LogP contribution in [-0.2, 0) is 6.54 Å². The van der Waals surface area contributed by atoms with Crippen molar-refractivity contribution in [3.8, 4) is 11.5 Å². The van der Waals surface area contributed by atoms with Gasteiger partial charge in [0.15, 0.2) is 11.5 Å². The van der Waals surface area contributed by atoms with Crippen LogP contribution in [0, 0.1) is 5.82 Å². The molecule has 2 aromatic rings. The monoisotopic (exact) mass is 417 g/mol. The highest BCUT2D eigenvalue weighted by molar-refractivity contribution is 6.31. The predicted octanol–water partition coefficient (Wildman–Crippen LogP) is 4.77. The zero-order chi connectivity index (χ0) is 20.4. The summed E-state index contributed by atoms with van der Waals surface area (Å²) in [5.74, 6) is 1.65. The van der Waals surface area contributed by atoms with Crippen molar-refractivity contribution in [1.29, 1.82) is 0 Å². The smallest absolute Gasteiger partial charge is 0.162 e. The molecule has 1 aliphatic carbocycles. The second kappa shape index (κ2) is 8.59. The third-order valence-corrected chi connectivity index (χ3v) is 5.91. The van der Waals surface area contributed by atoms with Gasteiger partial charge in [0.05, 0.1) is 24.8 Å². The highest BCUT2D eigenvalue weighted by Crippen LogP contribution is 2.37. The lowest BCUT2D eigenvalue weighted by Gasteiger charge is -2.29. The van der Waals surface area contributed by atoms with Crippen LogP contribution in [0.4, 0.5) is 10.1 Å². The molecule has 0 amide bonds. The Labute approximate surface area is 175 Å². The molecular formula is C22H25ClFN3O2. The van der Waals surface area contributed by atoms with Crippen molar-refractivity contribution in [1.82, 2.24) is 5.32 Å². The van der Waals surface area contributed by atoms with Gasteiger partial charge in [-0.3, -0.25) is 4.99 Å². The van der Waals surface area contributed by atoms with Crippen molar-refractivity contribution in [3.05, 3.63) is 52.3 Å². The Morgan fingerprint density at radius 2 is 1.93 bits per heavy atom. The number of hydrogen-bond acceptors (Lipinski definition) is 5. The van der Waals surface area contributed by atoms with Crippen molar-refractivity contribution in [2.75, 3.05) is 19.5 Å². The largest absolute Gasteiger partial charge is 0.493 e. The number of nitrogens with zero attached hydrogens (tertiary/aromatic N) is 1. The molecule has 1 saturated carbocycles. The third-order valence-electron chi connectivity index (χ3n) is 5.62. The minimum absolute atomic E-state index is 0.0760. The molecule has 29 heavy (non-hydrogen) atoms. The molecule has 1 fully saturated rings. The van der Waals surface area contributed by atoms with Gasteiger partial charge in [-0.05, 0) is 57.0 Å². The van der Waals surface area contributed by atoms with Crippen LogP contribution in [-0.4, -0.2) is 32.1 Å². The van der Waals surface area contributed by atoms with E-state index in [1.165, 1.54) is 6.07 Å². The van der Waals surface area contributed by atoms with Gasteiger partial charge < -0.3 is 20.1 Å². The van der Waals surface area contributed by atoms with Crippen molar-refractivity contribution >= 4 is 23.1 Å². The molecule has 0 radical (unpaired) electrons. The number of methoxy groups -OCH3 is 1. The maximum atomic E-state index is 13.5. The molecule has 1 aliphatic heterocycles. The Morgan fingerprint density at radius 1 is 1.14 bits per heavy atom. The number of amidine groups is 1. The van der Waals surface area contributed by atoms with Gasteiger partial charge in [0.2, 0.25) is 0 Å². The molecule has 0 spiro atoms. The van der Waals surface area contributed by atoms with Crippen molar-refractivity contribution in [2.45, 2.75) is 44.4 Å². The van der Waals surface area contributed by atoms with Gasteiger partial charge in [0.25, 0.3) is 0 Å². The fraction of sp³-hybridized carbons (Fsp3) is 0.409. The summed E-state index contributed by atoms with van der Waals surface area (Å²) in [6, 6.07) is 9.10. The number of hydrogen-bond donors (Lipinski definition) is 2. The summed E-state index contributed by atoms with van der Waals surface area (Å²) >= 11 is 5.91. The van der Waals surface area contributed by atoms with E-state index >= 15 is 0 Å². The molecule has 154 valence electrons. The predicted molar refractivity (Wildman–Crippen MR) is 114 cm³/mol. The van der Waals surface area contributed by atoms with Crippen LogP contribution in [0.25, 0.3) is 0 Å². The number of nitrogens with one attached hydrogen (secondary N) is 2. The molecule has 0 aromatic heterocycles. The van der Waals surface area contributed by atoms with E-state index < -0.39 is 5.82 Å². The van der Waals surface area contributed by atoms with Crippen LogP contribution in [0.2, 0.25) is 5.02 Å². The Morgan fingerprint density at radius 3 is 2.62 bits per heavy atom. The number of halogens is 2. The molecule has 0 unspecified atom stereocenters. The number of fused-ring (bicyclic) bond motifs is 1. The Kier molecular flexibility index (Phi) is 5.92. The highest BCUT2D eigenvalue weighted by atomic mass is 35.5. The maximum Gasteiger partial charge on any atom is 0.162 e. The van der Waals surface area contributed by atoms with Gasteiger partial charge in [-0.2, -0.15) is 0 Å². The number of aliphatic imine (C=N–C) groups is 1. The highest BCUT2D eigenvalue weighted by Gasteiger charge is 2.24. The summed E-state index contributed by atoms with van der Waals surface area (Å²) in [4.78, 5) is 4.60. The molecule has 0 bridgehead atoms. The summed E-state index contributed by atoms with van der Waals surface area (Å²) in [5, 5.41) is 6.72. The first-order valence-corrected chi connectivity index (χ1v) is 10.3. The zero-order valence-corrected chi connectivity index (χ0v) is 17.4. The van der Waals surface area contributed by atoms with Gasteiger partial charge in [0, 0.05) is 28.9 Å². The van der Waals surface area contributed by atoms with E-state index in [9.17, 15) is 4.39 Å². The number of benzene rings is 2. The van der Waals surface area contributed by atoms with Crippen LogP contribution >= 0.6 is 11.6 Å². The van der Waals surface area contributed by atoms with Crippen molar-refractivity contribution in [3.63, 3.8) is 0 Å². The standard InChI is InChI=1S/C22H25ClFN3O2/c1-25-15-4-6-16(7-5-15)29-21-10-14-12-26-22(27-19(14)11-20(21)28-2)13-3-8-18(24)17(23)9-13/h3,8-11,15-16,25H,4-7,12H2,1-2H3,(H,26,27). The molecule has 1 heterocycles. The van der Waals surface area contributed by atoms with Crippen molar-refractivity contribution < 1.29 is 13.9 Å². The molecule has 2 aliphatic rings. The van der Waals surface area contributed by atoms with E-state index in [0.717, 1.165) is 48.2 Å². The van der Waals surface area contributed by atoms with Crippen LogP contribution in [0.3, 0.4) is 0 Å².